The highest BCUT2D eigenvalue weighted by atomic mass is 15.1. The van der Waals surface area contributed by atoms with Gasteiger partial charge in [0.1, 0.15) is 5.84 Å². The van der Waals surface area contributed by atoms with Crippen molar-refractivity contribution >= 4 is 16.9 Å². The van der Waals surface area contributed by atoms with Crippen molar-refractivity contribution < 1.29 is 0 Å². The Bertz CT molecular complexity index is 816. The third kappa shape index (κ3) is 2.29. The lowest BCUT2D eigenvalue weighted by Gasteiger charge is -2.08. The lowest BCUT2D eigenvalue weighted by Crippen LogP contribution is -2.19. The predicted octanol–water partition coefficient (Wildman–Crippen LogP) is 2.43. The Morgan fingerprint density at radius 3 is 2.95 bits per heavy atom. The molecule has 0 radical (unpaired) electrons. The van der Waals surface area contributed by atoms with E-state index in [4.69, 9.17) is 0 Å². The van der Waals surface area contributed by atoms with E-state index in [1.54, 1.807) is 0 Å². The molecule has 0 spiro atoms. The highest BCUT2D eigenvalue weighted by Gasteiger charge is 2.09. The van der Waals surface area contributed by atoms with Crippen LogP contribution in [-0.2, 0) is 6.54 Å². The summed E-state index contributed by atoms with van der Waals surface area (Å²) in [4.78, 5) is 8.92. The largest absolute Gasteiger partial charge is 0.368 e. The molecule has 1 aliphatic heterocycles. The van der Waals surface area contributed by atoms with Gasteiger partial charge in [0.15, 0.2) is 0 Å². The smallest absolute Gasteiger partial charge is 0.128 e. The molecule has 4 nitrogen and oxygen atoms in total. The molecule has 0 saturated carbocycles. The number of benzene rings is 2. The van der Waals surface area contributed by atoms with Crippen LogP contribution in [0.5, 0.6) is 0 Å². The van der Waals surface area contributed by atoms with Gasteiger partial charge in [-0.2, -0.15) is 0 Å². The molecule has 1 aliphatic rings. The first-order valence-electron chi connectivity index (χ1n) is 7.18. The Labute approximate surface area is 123 Å². The van der Waals surface area contributed by atoms with Crippen LogP contribution in [-0.4, -0.2) is 28.5 Å². The van der Waals surface area contributed by atoms with E-state index < -0.39 is 0 Å². The fourth-order valence-electron chi connectivity index (χ4n) is 2.74. The van der Waals surface area contributed by atoms with Crippen LogP contribution in [0, 0.1) is 0 Å². The summed E-state index contributed by atoms with van der Waals surface area (Å²) in [6.45, 7) is 2.62. The summed E-state index contributed by atoms with van der Waals surface area (Å²) in [5.74, 6) is 1.01. The highest BCUT2D eigenvalue weighted by Crippen LogP contribution is 2.15. The number of aromatic nitrogens is 2. The van der Waals surface area contributed by atoms with E-state index in [9.17, 15) is 0 Å². The van der Waals surface area contributed by atoms with Gasteiger partial charge in [-0.3, -0.25) is 4.99 Å². The number of imidazole rings is 1. The molecule has 0 bridgehead atoms. The summed E-state index contributed by atoms with van der Waals surface area (Å²) in [6, 6.07) is 16.8. The first-order chi connectivity index (χ1) is 10.4. The number of fused-ring (bicyclic) bond motifs is 1. The Kier molecular flexibility index (Phi) is 2.92. The van der Waals surface area contributed by atoms with Crippen LogP contribution in [0.1, 0.15) is 11.1 Å². The first-order valence-corrected chi connectivity index (χ1v) is 7.18. The predicted molar refractivity (Wildman–Crippen MR) is 84.7 cm³/mol. The lowest BCUT2D eigenvalue weighted by molar-refractivity contribution is 0.824. The number of hydrogen-bond acceptors (Lipinski definition) is 3. The van der Waals surface area contributed by atoms with Crippen LogP contribution in [0.3, 0.4) is 0 Å². The minimum Gasteiger partial charge on any atom is -0.368 e. The summed E-state index contributed by atoms with van der Waals surface area (Å²) in [7, 11) is 0. The maximum Gasteiger partial charge on any atom is 0.128 e. The zero-order valence-electron chi connectivity index (χ0n) is 11.7. The first kappa shape index (κ1) is 12.1. The maximum absolute atomic E-state index is 4.48. The van der Waals surface area contributed by atoms with Gasteiger partial charge in [0.2, 0.25) is 0 Å². The second kappa shape index (κ2) is 5.05. The number of rotatable bonds is 3. The zero-order valence-corrected chi connectivity index (χ0v) is 11.7. The summed E-state index contributed by atoms with van der Waals surface area (Å²) in [6.07, 6.45) is 1.91. The van der Waals surface area contributed by atoms with Gasteiger partial charge in [0.25, 0.3) is 0 Å². The molecule has 21 heavy (non-hydrogen) atoms. The van der Waals surface area contributed by atoms with Crippen LogP contribution in [0.2, 0.25) is 0 Å². The van der Waals surface area contributed by atoms with Crippen molar-refractivity contribution in [2.24, 2.45) is 4.99 Å². The molecule has 4 rings (SSSR count). The second-order valence-electron chi connectivity index (χ2n) is 5.22. The average Bonchev–Trinajstić information content (AvgIpc) is 3.18. The molecule has 2 aromatic carbocycles. The van der Waals surface area contributed by atoms with Crippen molar-refractivity contribution in [1.82, 2.24) is 14.9 Å². The number of hydrogen-bond donors (Lipinski definition) is 1. The van der Waals surface area contributed by atoms with Gasteiger partial charge in [-0.25, -0.2) is 4.98 Å². The molecule has 1 aromatic heterocycles. The van der Waals surface area contributed by atoms with Crippen molar-refractivity contribution in [3.63, 3.8) is 0 Å². The molecule has 0 atom stereocenters. The molecule has 3 aromatic rings. The summed E-state index contributed by atoms with van der Waals surface area (Å²) < 4.78 is 2.18. The quantitative estimate of drug-likeness (QED) is 0.798. The average molecular weight is 276 g/mol. The van der Waals surface area contributed by atoms with E-state index in [1.165, 1.54) is 11.1 Å². The van der Waals surface area contributed by atoms with E-state index in [-0.39, 0.29) is 0 Å². The zero-order chi connectivity index (χ0) is 14.1. The van der Waals surface area contributed by atoms with Crippen molar-refractivity contribution in [2.75, 3.05) is 13.1 Å². The standard InChI is InChI=1S/C17H16N4/c1-2-7-16-15(6-1)20-12-21(16)11-13-4-3-5-14(10-13)17-18-8-9-19-17/h1-7,10,12H,8-9,11H2,(H,18,19). The third-order valence-corrected chi connectivity index (χ3v) is 3.75. The third-order valence-electron chi connectivity index (χ3n) is 3.75. The molecule has 4 heteroatoms. The lowest BCUT2D eigenvalue weighted by atomic mass is 10.1. The van der Waals surface area contributed by atoms with Crippen LogP contribution in [0.25, 0.3) is 11.0 Å². The molecule has 0 aliphatic carbocycles. The van der Waals surface area contributed by atoms with Crippen LogP contribution in [0.15, 0.2) is 59.9 Å². The van der Waals surface area contributed by atoms with Crippen LogP contribution < -0.4 is 5.32 Å². The summed E-state index contributed by atoms with van der Waals surface area (Å²) >= 11 is 0. The second-order valence-corrected chi connectivity index (χ2v) is 5.22. The fourth-order valence-corrected chi connectivity index (χ4v) is 2.74. The van der Waals surface area contributed by atoms with E-state index in [1.807, 2.05) is 24.5 Å². The van der Waals surface area contributed by atoms with Gasteiger partial charge in [0, 0.05) is 18.7 Å². The Morgan fingerprint density at radius 2 is 2.05 bits per heavy atom. The van der Waals surface area contributed by atoms with Crippen molar-refractivity contribution in [1.29, 1.82) is 0 Å². The molecule has 0 fully saturated rings. The van der Waals surface area contributed by atoms with E-state index in [0.717, 1.165) is 36.6 Å². The number of amidine groups is 1. The molecule has 2 heterocycles. The molecule has 0 unspecified atom stereocenters. The minimum absolute atomic E-state index is 0.821. The molecule has 0 saturated heterocycles. The fraction of sp³-hybridized carbons (Fsp3) is 0.176. The number of aliphatic imine (C=N–C) groups is 1. The molecule has 1 N–H and O–H groups in total. The Balaban J connectivity index is 1.66. The Morgan fingerprint density at radius 1 is 1.10 bits per heavy atom. The van der Waals surface area contributed by atoms with E-state index in [2.05, 4.69) is 50.2 Å². The van der Waals surface area contributed by atoms with Crippen LogP contribution in [0.4, 0.5) is 0 Å². The normalized spacial score (nSPS) is 14.2. The monoisotopic (exact) mass is 276 g/mol. The summed E-state index contributed by atoms with van der Waals surface area (Å²) in [5, 5.41) is 3.32. The van der Waals surface area contributed by atoms with Crippen molar-refractivity contribution in [3.05, 3.63) is 66.0 Å². The van der Waals surface area contributed by atoms with Gasteiger partial charge in [-0.1, -0.05) is 30.3 Å². The summed E-state index contributed by atoms with van der Waals surface area (Å²) in [5.41, 5.74) is 4.62. The van der Waals surface area contributed by atoms with E-state index >= 15 is 0 Å². The van der Waals surface area contributed by atoms with Crippen molar-refractivity contribution in [2.45, 2.75) is 6.54 Å². The van der Waals surface area contributed by atoms with Gasteiger partial charge in [0.05, 0.1) is 23.9 Å². The van der Waals surface area contributed by atoms with Gasteiger partial charge < -0.3 is 9.88 Å². The van der Waals surface area contributed by atoms with Crippen LogP contribution >= 0.6 is 0 Å². The molecular formula is C17H16N4. The highest BCUT2D eigenvalue weighted by molar-refractivity contribution is 5.99. The van der Waals surface area contributed by atoms with Gasteiger partial charge in [-0.05, 0) is 23.8 Å². The molecule has 0 amide bonds. The SMILES string of the molecule is c1cc(Cn2cnc3ccccc32)cc(C2=NCCN2)c1. The van der Waals surface area contributed by atoms with E-state index in [0.29, 0.717) is 0 Å². The van der Waals surface area contributed by atoms with Gasteiger partial charge in [-0.15, -0.1) is 0 Å². The molecular weight excluding hydrogens is 260 g/mol. The number of nitrogens with zero attached hydrogens (tertiary/aromatic N) is 3. The number of nitrogens with one attached hydrogen (secondary N) is 1. The Hall–Kier alpha value is -2.62. The topological polar surface area (TPSA) is 42.2 Å². The molecule has 104 valence electrons. The maximum atomic E-state index is 4.48. The minimum atomic E-state index is 0.821. The van der Waals surface area contributed by atoms with Crippen molar-refractivity contribution in [3.8, 4) is 0 Å². The van der Waals surface area contributed by atoms with Gasteiger partial charge >= 0.3 is 0 Å². The number of para-hydroxylation sites is 2.